The summed E-state index contributed by atoms with van der Waals surface area (Å²) in [6.45, 7) is 3.03. The summed E-state index contributed by atoms with van der Waals surface area (Å²) in [7, 11) is 1.71. The van der Waals surface area contributed by atoms with E-state index in [1.54, 1.807) is 13.3 Å². The molecule has 106 valence electrons. The van der Waals surface area contributed by atoms with Crippen molar-refractivity contribution in [2.45, 2.75) is 19.4 Å². The second kappa shape index (κ2) is 5.45. The van der Waals surface area contributed by atoms with Crippen LogP contribution in [0, 0.1) is 0 Å². The van der Waals surface area contributed by atoms with Crippen molar-refractivity contribution < 1.29 is 4.74 Å². The van der Waals surface area contributed by atoms with E-state index in [0.717, 1.165) is 43.9 Å². The number of rotatable bonds is 5. The van der Waals surface area contributed by atoms with E-state index in [0.29, 0.717) is 0 Å². The highest BCUT2D eigenvalue weighted by molar-refractivity contribution is 5.60. The Labute approximate surface area is 118 Å². The standard InChI is InChI=1S/C15H20N4O/c1-20-14-3-4-15-12(9-14)5-8-18(15)6-2-7-19-11-13(16)10-17-19/h3-4,9-11H,2,5-8,16H2,1H3. The Kier molecular flexibility index (Phi) is 3.50. The molecule has 0 spiro atoms. The SMILES string of the molecule is COc1ccc2c(c1)CCN2CCCn1cc(N)cn1. The number of aromatic nitrogens is 2. The second-order valence-corrected chi connectivity index (χ2v) is 5.12. The summed E-state index contributed by atoms with van der Waals surface area (Å²) in [5, 5.41) is 4.20. The fraction of sp³-hybridized carbons (Fsp3) is 0.400. The van der Waals surface area contributed by atoms with Gasteiger partial charge in [0.1, 0.15) is 5.75 Å². The average Bonchev–Trinajstić information content (AvgIpc) is 3.05. The third-order valence-corrected chi connectivity index (χ3v) is 3.75. The summed E-state index contributed by atoms with van der Waals surface area (Å²) in [6.07, 6.45) is 5.73. The quantitative estimate of drug-likeness (QED) is 0.903. The molecule has 0 aliphatic carbocycles. The maximum absolute atomic E-state index is 5.66. The lowest BCUT2D eigenvalue weighted by atomic mass is 10.1. The predicted molar refractivity (Wildman–Crippen MR) is 80.2 cm³/mol. The molecule has 1 aliphatic heterocycles. The molecule has 2 aromatic rings. The number of anilines is 2. The monoisotopic (exact) mass is 272 g/mol. The van der Waals surface area contributed by atoms with Gasteiger partial charge >= 0.3 is 0 Å². The van der Waals surface area contributed by atoms with Crippen molar-refractivity contribution >= 4 is 11.4 Å². The van der Waals surface area contributed by atoms with Crippen molar-refractivity contribution in [1.82, 2.24) is 9.78 Å². The number of nitrogens with zero attached hydrogens (tertiary/aromatic N) is 3. The lowest BCUT2D eigenvalue weighted by Gasteiger charge is -2.19. The number of nitrogens with two attached hydrogens (primary N) is 1. The molecule has 2 heterocycles. The van der Waals surface area contributed by atoms with Crippen LogP contribution in [0.15, 0.2) is 30.6 Å². The van der Waals surface area contributed by atoms with Gasteiger partial charge in [-0.15, -0.1) is 0 Å². The van der Waals surface area contributed by atoms with E-state index >= 15 is 0 Å². The first-order valence-corrected chi connectivity index (χ1v) is 6.96. The molecule has 2 N–H and O–H groups in total. The summed E-state index contributed by atoms with van der Waals surface area (Å²) in [4.78, 5) is 2.43. The minimum absolute atomic E-state index is 0.726. The Morgan fingerprint density at radius 1 is 1.35 bits per heavy atom. The highest BCUT2D eigenvalue weighted by Crippen LogP contribution is 2.31. The van der Waals surface area contributed by atoms with Gasteiger partial charge in [0.2, 0.25) is 0 Å². The maximum Gasteiger partial charge on any atom is 0.119 e. The molecule has 0 unspecified atom stereocenters. The minimum atomic E-state index is 0.726. The molecule has 0 atom stereocenters. The van der Waals surface area contributed by atoms with Crippen LogP contribution in [0.5, 0.6) is 5.75 Å². The Morgan fingerprint density at radius 3 is 3.00 bits per heavy atom. The topological polar surface area (TPSA) is 56.3 Å². The van der Waals surface area contributed by atoms with E-state index < -0.39 is 0 Å². The molecule has 1 aromatic heterocycles. The lowest BCUT2D eigenvalue weighted by molar-refractivity contribution is 0.414. The van der Waals surface area contributed by atoms with Crippen molar-refractivity contribution in [2.75, 3.05) is 30.8 Å². The van der Waals surface area contributed by atoms with Crippen molar-refractivity contribution in [3.8, 4) is 5.75 Å². The van der Waals surface area contributed by atoms with Gasteiger partial charge in [-0.3, -0.25) is 4.68 Å². The van der Waals surface area contributed by atoms with Crippen LogP contribution in [0.2, 0.25) is 0 Å². The fourth-order valence-corrected chi connectivity index (χ4v) is 2.73. The van der Waals surface area contributed by atoms with Crippen LogP contribution in [-0.2, 0) is 13.0 Å². The zero-order valence-electron chi connectivity index (χ0n) is 11.7. The number of nitrogen functional groups attached to an aromatic ring is 1. The first kappa shape index (κ1) is 12.8. The smallest absolute Gasteiger partial charge is 0.119 e. The van der Waals surface area contributed by atoms with E-state index in [9.17, 15) is 0 Å². The molecule has 0 saturated heterocycles. The summed E-state index contributed by atoms with van der Waals surface area (Å²) in [5.74, 6) is 0.942. The largest absolute Gasteiger partial charge is 0.497 e. The number of benzene rings is 1. The number of hydrogen-bond acceptors (Lipinski definition) is 4. The number of methoxy groups -OCH3 is 1. The van der Waals surface area contributed by atoms with Gasteiger partial charge in [0, 0.05) is 31.5 Å². The number of fused-ring (bicyclic) bond motifs is 1. The van der Waals surface area contributed by atoms with Crippen molar-refractivity contribution in [1.29, 1.82) is 0 Å². The number of ether oxygens (including phenoxy) is 1. The molecule has 0 bridgehead atoms. The van der Waals surface area contributed by atoms with E-state index in [-0.39, 0.29) is 0 Å². The van der Waals surface area contributed by atoms with Crippen LogP contribution in [0.25, 0.3) is 0 Å². The van der Waals surface area contributed by atoms with Gasteiger partial charge in [-0.05, 0) is 36.6 Å². The zero-order chi connectivity index (χ0) is 13.9. The van der Waals surface area contributed by atoms with E-state index in [1.165, 1.54) is 11.3 Å². The molecular weight excluding hydrogens is 252 g/mol. The molecule has 1 aromatic carbocycles. The van der Waals surface area contributed by atoms with Gasteiger partial charge in [-0.1, -0.05) is 0 Å². The molecule has 0 fully saturated rings. The van der Waals surface area contributed by atoms with Crippen molar-refractivity contribution in [3.05, 3.63) is 36.2 Å². The van der Waals surface area contributed by atoms with E-state index in [1.807, 2.05) is 16.9 Å². The Hall–Kier alpha value is -2.17. The van der Waals surface area contributed by atoms with Gasteiger partial charge in [0.25, 0.3) is 0 Å². The van der Waals surface area contributed by atoms with Crippen LogP contribution in [-0.4, -0.2) is 30.0 Å². The van der Waals surface area contributed by atoms with Gasteiger partial charge in [0.15, 0.2) is 0 Å². The Bertz CT molecular complexity index is 593. The number of hydrogen-bond donors (Lipinski definition) is 1. The van der Waals surface area contributed by atoms with Crippen LogP contribution in [0.1, 0.15) is 12.0 Å². The predicted octanol–water partition coefficient (Wildman–Crippen LogP) is 1.93. The maximum atomic E-state index is 5.66. The highest BCUT2D eigenvalue weighted by Gasteiger charge is 2.18. The van der Waals surface area contributed by atoms with E-state index in [2.05, 4.69) is 22.1 Å². The van der Waals surface area contributed by atoms with Crippen LogP contribution in [0.4, 0.5) is 11.4 Å². The molecule has 3 rings (SSSR count). The molecule has 0 amide bonds. The summed E-state index contributed by atoms with van der Waals surface area (Å²) >= 11 is 0. The van der Waals surface area contributed by atoms with Crippen molar-refractivity contribution in [2.24, 2.45) is 0 Å². The van der Waals surface area contributed by atoms with E-state index in [4.69, 9.17) is 10.5 Å². The third-order valence-electron chi connectivity index (χ3n) is 3.75. The Morgan fingerprint density at radius 2 is 2.25 bits per heavy atom. The third kappa shape index (κ3) is 2.57. The molecule has 5 heteroatoms. The zero-order valence-corrected chi connectivity index (χ0v) is 11.7. The molecule has 0 saturated carbocycles. The summed E-state index contributed by atoms with van der Waals surface area (Å²) in [5.41, 5.74) is 9.10. The molecular formula is C15H20N4O. The van der Waals surface area contributed by atoms with Crippen LogP contribution >= 0.6 is 0 Å². The van der Waals surface area contributed by atoms with Crippen LogP contribution in [0.3, 0.4) is 0 Å². The average molecular weight is 272 g/mol. The number of aryl methyl sites for hydroxylation is 1. The van der Waals surface area contributed by atoms with Gasteiger partial charge in [0.05, 0.1) is 19.0 Å². The lowest BCUT2D eigenvalue weighted by Crippen LogP contribution is -2.22. The molecule has 1 aliphatic rings. The van der Waals surface area contributed by atoms with Crippen LogP contribution < -0.4 is 15.4 Å². The molecule has 5 nitrogen and oxygen atoms in total. The molecule has 20 heavy (non-hydrogen) atoms. The fourth-order valence-electron chi connectivity index (χ4n) is 2.73. The van der Waals surface area contributed by atoms with Crippen molar-refractivity contribution in [3.63, 3.8) is 0 Å². The minimum Gasteiger partial charge on any atom is -0.497 e. The second-order valence-electron chi connectivity index (χ2n) is 5.12. The summed E-state index contributed by atoms with van der Waals surface area (Å²) in [6, 6.07) is 6.34. The Balaban J connectivity index is 1.58. The highest BCUT2D eigenvalue weighted by atomic mass is 16.5. The van der Waals surface area contributed by atoms with Gasteiger partial charge in [-0.25, -0.2) is 0 Å². The summed E-state index contributed by atoms with van der Waals surface area (Å²) < 4.78 is 7.18. The first-order valence-electron chi connectivity index (χ1n) is 6.96. The van der Waals surface area contributed by atoms with Gasteiger partial charge in [-0.2, -0.15) is 5.10 Å². The van der Waals surface area contributed by atoms with Gasteiger partial charge < -0.3 is 15.4 Å². The molecule has 0 radical (unpaired) electrons. The first-order chi connectivity index (χ1) is 9.76. The normalized spacial score (nSPS) is 13.6.